The summed E-state index contributed by atoms with van der Waals surface area (Å²) in [5.74, 6) is -1.48. The Morgan fingerprint density at radius 1 is 0.767 bits per heavy atom. The summed E-state index contributed by atoms with van der Waals surface area (Å²) in [7, 11) is 0. The van der Waals surface area contributed by atoms with Gasteiger partial charge in [0.05, 0.1) is 35.2 Å². The van der Waals surface area contributed by atoms with E-state index in [1.54, 1.807) is 27.7 Å². The third-order valence-electron chi connectivity index (χ3n) is 6.63. The van der Waals surface area contributed by atoms with Gasteiger partial charge in [-0.15, -0.1) is 0 Å². The molecule has 2 rings (SSSR count). The second kappa shape index (κ2) is 10.8. The second-order valence-electron chi connectivity index (χ2n) is 10.3. The molecule has 0 saturated carbocycles. The average molecular weight is 425 g/mol. The third kappa shape index (κ3) is 7.69. The van der Waals surface area contributed by atoms with Gasteiger partial charge in [0, 0.05) is 0 Å². The summed E-state index contributed by atoms with van der Waals surface area (Å²) in [4.78, 5) is 22.4. The highest BCUT2D eigenvalue weighted by Crippen LogP contribution is 2.31. The first-order chi connectivity index (χ1) is 14.0. The van der Waals surface area contributed by atoms with Crippen LogP contribution in [0.4, 0.5) is 0 Å². The van der Waals surface area contributed by atoms with Gasteiger partial charge in [0.15, 0.2) is 0 Å². The maximum atomic E-state index is 11.2. The van der Waals surface area contributed by atoms with Crippen molar-refractivity contribution in [2.75, 3.05) is 0 Å². The molecule has 2 N–H and O–H groups in total. The molecule has 2 heterocycles. The highest BCUT2D eigenvalue weighted by Gasteiger charge is 2.30. The molecule has 0 spiro atoms. The minimum atomic E-state index is -0.740. The number of hydrogen-bond donors (Lipinski definition) is 2. The molecule has 0 aromatic rings. The number of hydrogen-bond acceptors (Lipinski definition) is 4. The third-order valence-corrected chi connectivity index (χ3v) is 6.63. The lowest BCUT2D eigenvalue weighted by Crippen LogP contribution is -2.24. The number of rotatable bonds is 12. The van der Waals surface area contributed by atoms with Gasteiger partial charge in [-0.05, 0) is 91.9 Å². The van der Waals surface area contributed by atoms with Gasteiger partial charge in [0.25, 0.3) is 0 Å². The molecule has 30 heavy (non-hydrogen) atoms. The molecule has 6 heteroatoms. The van der Waals surface area contributed by atoms with Crippen molar-refractivity contribution in [3.63, 3.8) is 0 Å². The first-order valence-electron chi connectivity index (χ1n) is 11.5. The van der Waals surface area contributed by atoms with Gasteiger partial charge in [0.1, 0.15) is 0 Å². The van der Waals surface area contributed by atoms with Gasteiger partial charge >= 0.3 is 11.9 Å². The van der Waals surface area contributed by atoms with Crippen molar-refractivity contribution >= 4 is 11.9 Å². The molecular formula is C24H40O6. The van der Waals surface area contributed by atoms with Crippen molar-refractivity contribution < 1.29 is 29.3 Å². The zero-order chi connectivity index (χ0) is 22.4. The van der Waals surface area contributed by atoms with Crippen LogP contribution < -0.4 is 0 Å². The van der Waals surface area contributed by atoms with Crippen molar-refractivity contribution in [2.45, 2.75) is 116 Å². The molecule has 172 valence electrons. The lowest BCUT2D eigenvalue weighted by atomic mass is 9.87. The summed E-state index contributed by atoms with van der Waals surface area (Å²) in [5, 5.41) is 18.4. The van der Waals surface area contributed by atoms with Crippen molar-refractivity contribution in [3.05, 3.63) is 12.2 Å². The monoisotopic (exact) mass is 424 g/mol. The van der Waals surface area contributed by atoms with Crippen LogP contribution in [-0.4, -0.2) is 46.6 Å². The first-order valence-corrected chi connectivity index (χ1v) is 11.5. The molecular weight excluding hydrogens is 384 g/mol. The number of carboxylic acid groups (broad SMARTS) is 2. The average Bonchev–Trinajstić information content (AvgIpc) is 3.29. The Labute approximate surface area is 181 Å². The fraction of sp³-hybridized carbons (Fsp3) is 0.833. The fourth-order valence-corrected chi connectivity index (χ4v) is 4.18. The van der Waals surface area contributed by atoms with Gasteiger partial charge in [-0.3, -0.25) is 9.59 Å². The number of ether oxygens (including phenoxy) is 2. The van der Waals surface area contributed by atoms with E-state index < -0.39 is 22.8 Å². The molecule has 6 nitrogen and oxygen atoms in total. The Balaban J connectivity index is 1.63. The van der Waals surface area contributed by atoms with Crippen LogP contribution in [0.15, 0.2) is 12.2 Å². The zero-order valence-corrected chi connectivity index (χ0v) is 19.1. The van der Waals surface area contributed by atoms with E-state index in [-0.39, 0.29) is 24.4 Å². The van der Waals surface area contributed by atoms with Crippen LogP contribution in [-0.2, 0) is 19.1 Å². The van der Waals surface area contributed by atoms with E-state index in [2.05, 4.69) is 12.2 Å². The van der Waals surface area contributed by atoms with E-state index in [1.807, 2.05) is 0 Å². The highest BCUT2D eigenvalue weighted by molar-refractivity contribution is 5.73. The summed E-state index contributed by atoms with van der Waals surface area (Å²) in [6.45, 7) is 7.10. The van der Waals surface area contributed by atoms with Crippen LogP contribution in [0, 0.1) is 10.8 Å². The smallest absolute Gasteiger partial charge is 0.309 e. The molecule has 4 unspecified atom stereocenters. The molecule has 2 saturated heterocycles. The van der Waals surface area contributed by atoms with Crippen molar-refractivity contribution in [2.24, 2.45) is 10.8 Å². The van der Waals surface area contributed by atoms with Crippen molar-refractivity contribution in [1.82, 2.24) is 0 Å². The minimum absolute atomic E-state index is 0.126. The second-order valence-corrected chi connectivity index (χ2v) is 10.3. The normalized spacial score (nSPS) is 27.7. The van der Waals surface area contributed by atoms with Crippen LogP contribution in [0.3, 0.4) is 0 Å². The lowest BCUT2D eigenvalue weighted by Gasteiger charge is -2.20. The molecule has 2 aliphatic heterocycles. The van der Waals surface area contributed by atoms with Gasteiger partial charge in [-0.1, -0.05) is 12.2 Å². The molecule has 0 aromatic carbocycles. The summed E-state index contributed by atoms with van der Waals surface area (Å²) in [6, 6.07) is 0. The van der Waals surface area contributed by atoms with E-state index in [1.165, 1.54) is 0 Å². The van der Waals surface area contributed by atoms with E-state index in [0.717, 1.165) is 51.4 Å². The van der Waals surface area contributed by atoms with Gasteiger partial charge in [-0.25, -0.2) is 0 Å². The maximum Gasteiger partial charge on any atom is 0.309 e. The molecule has 2 fully saturated rings. The fourth-order valence-electron chi connectivity index (χ4n) is 4.18. The molecule has 0 radical (unpaired) electrons. The number of carboxylic acids is 2. The molecule has 0 aliphatic carbocycles. The molecule has 0 bridgehead atoms. The summed E-state index contributed by atoms with van der Waals surface area (Å²) < 4.78 is 12.2. The Bertz CT molecular complexity index is 557. The zero-order valence-electron chi connectivity index (χ0n) is 19.1. The quantitative estimate of drug-likeness (QED) is 0.418. The van der Waals surface area contributed by atoms with Gasteiger partial charge < -0.3 is 19.7 Å². The van der Waals surface area contributed by atoms with E-state index >= 15 is 0 Å². The highest BCUT2D eigenvalue weighted by atomic mass is 16.5. The van der Waals surface area contributed by atoms with Gasteiger partial charge in [-0.2, -0.15) is 0 Å². The van der Waals surface area contributed by atoms with Crippen LogP contribution in [0.25, 0.3) is 0 Å². The summed E-state index contributed by atoms with van der Waals surface area (Å²) in [5.41, 5.74) is -1.34. The Morgan fingerprint density at radius 3 is 1.47 bits per heavy atom. The number of aliphatic carboxylic acids is 2. The summed E-state index contributed by atoms with van der Waals surface area (Å²) in [6.07, 6.45) is 13.9. The van der Waals surface area contributed by atoms with Crippen molar-refractivity contribution in [3.8, 4) is 0 Å². The Kier molecular flexibility index (Phi) is 8.92. The van der Waals surface area contributed by atoms with E-state index in [9.17, 15) is 19.8 Å². The van der Waals surface area contributed by atoms with Crippen LogP contribution >= 0.6 is 0 Å². The van der Waals surface area contributed by atoms with Crippen LogP contribution in [0.5, 0.6) is 0 Å². The van der Waals surface area contributed by atoms with E-state index in [0.29, 0.717) is 12.8 Å². The maximum absolute atomic E-state index is 11.2. The van der Waals surface area contributed by atoms with Crippen LogP contribution in [0.1, 0.15) is 91.9 Å². The number of carbonyl (C=O) groups is 2. The van der Waals surface area contributed by atoms with Gasteiger partial charge in [0.2, 0.25) is 0 Å². The Morgan fingerprint density at radius 2 is 1.13 bits per heavy atom. The van der Waals surface area contributed by atoms with E-state index in [4.69, 9.17) is 9.47 Å². The minimum Gasteiger partial charge on any atom is -0.481 e. The molecule has 2 aliphatic rings. The van der Waals surface area contributed by atoms with Crippen LogP contribution in [0.2, 0.25) is 0 Å². The first kappa shape index (κ1) is 24.9. The predicted molar refractivity (Wildman–Crippen MR) is 115 cm³/mol. The molecule has 0 amide bonds. The summed E-state index contributed by atoms with van der Waals surface area (Å²) >= 11 is 0. The SMILES string of the molecule is CC(C)(CCCC1CCC(/C=C\C2CCC(CCCC(C)(C)C(=O)O)O2)O1)C(=O)O. The lowest BCUT2D eigenvalue weighted by molar-refractivity contribution is -0.148. The Hall–Kier alpha value is -1.40. The predicted octanol–water partition coefficient (Wildman–Crippen LogP) is 5.20. The topological polar surface area (TPSA) is 93.1 Å². The standard InChI is InChI=1S/C24H40O6/c1-23(2,21(25)26)15-5-7-17-9-11-19(29-17)13-14-20-12-10-18(30-20)8-6-16-24(3,4)22(27)28/h13-14,17-20H,5-12,15-16H2,1-4H3,(H,25,26)(H,27,28)/b14-13-. The largest absolute Gasteiger partial charge is 0.481 e. The molecule has 4 atom stereocenters. The molecule has 0 aromatic heterocycles. The van der Waals surface area contributed by atoms with Crippen molar-refractivity contribution in [1.29, 1.82) is 0 Å².